The second-order valence-electron chi connectivity index (χ2n) is 4.85. The summed E-state index contributed by atoms with van der Waals surface area (Å²) in [5, 5.41) is 2.81. The maximum Gasteiger partial charge on any atom is 0.119 e. The first kappa shape index (κ1) is 17.2. The van der Waals surface area contributed by atoms with E-state index in [0.29, 0.717) is 10.7 Å². The third-order valence-electron chi connectivity index (χ3n) is 3.09. The molecule has 0 spiro atoms. The lowest BCUT2D eigenvalue weighted by atomic mass is 10.1. The Balaban J connectivity index is 2.06. The van der Waals surface area contributed by atoms with Crippen molar-refractivity contribution in [2.45, 2.75) is 19.8 Å². The van der Waals surface area contributed by atoms with Gasteiger partial charge in [-0.2, -0.15) is 4.99 Å². The topological polar surface area (TPSA) is 21.6 Å². The predicted octanol–water partition coefficient (Wildman–Crippen LogP) is 5.65. The molecule has 2 rings (SSSR count). The Morgan fingerprint density at radius 3 is 2.43 bits per heavy atom. The molecular formula is C19H16ClNOS. The lowest BCUT2D eigenvalue weighted by Crippen LogP contribution is -1.95. The van der Waals surface area contributed by atoms with Gasteiger partial charge in [-0.05, 0) is 61.1 Å². The molecule has 2 nitrogen and oxygen atoms in total. The average Bonchev–Trinajstić information content (AvgIpc) is 2.57. The van der Waals surface area contributed by atoms with Crippen LogP contribution in [0.5, 0.6) is 5.75 Å². The molecule has 0 N–H and O–H groups in total. The number of rotatable bonds is 5. The molecule has 116 valence electrons. The highest BCUT2D eigenvalue weighted by atomic mass is 35.5. The molecule has 0 aromatic heterocycles. The molecule has 0 aliphatic heterocycles. The van der Waals surface area contributed by atoms with Gasteiger partial charge in [0.25, 0.3) is 0 Å². The molecule has 23 heavy (non-hydrogen) atoms. The van der Waals surface area contributed by atoms with E-state index in [4.69, 9.17) is 16.3 Å². The number of nitrogens with zero attached hydrogens (tertiary/aromatic N) is 1. The van der Waals surface area contributed by atoms with Gasteiger partial charge in [0.1, 0.15) is 5.75 Å². The van der Waals surface area contributed by atoms with E-state index in [9.17, 15) is 0 Å². The molecule has 0 radical (unpaired) electrons. The van der Waals surface area contributed by atoms with E-state index in [0.717, 1.165) is 36.3 Å². The zero-order chi connectivity index (χ0) is 16.5. The van der Waals surface area contributed by atoms with Crippen molar-refractivity contribution in [3.8, 4) is 17.6 Å². The summed E-state index contributed by atoms with van der Waals surface area (Å²) in [4.78, 5) is 3.88. The van der Waals surface area contributed by atoms with Crippen LogP contribution in [-0.4, -0.2) is 11.8 Å². The lowest BCUT2D eigenvalue weighted by Gasteiger charge is -2.04. The molecule has 0 bridgehead atoms. The summed E-state index contributed by atoms with van der Waals surface area (Å²) >= 11 is 10.7. The van der Waals surface area contributed by atoms with Crippen LogP contribution in [0.1, 0.15) is 30.9 Å². The largest absolute Gasteiger partial charge is 0.494 e. The van der Waals surface area contributed by atoms with E-state index >= 15 is 0 Å². The second kappa shape index (κ2) is 9.12. The Morgan fingerprint density at radius 1 is 1.09 bits per heavy atom. The third kappa shape index (κ3) is 5.54. The Morgan fingerprint density at radius 2 is 1.78 bits per heavy atom. The standard InChI is InChI=1S/C19H16ClNOS/c1-2-3-12-22-17-9-6-15(7-10-17)4-5-16-8-11-19(21-14-23)18(20)13-16/h6-11,13H,2-3,12H2,1H3. The molecule has 0 unspecified atom stereocenters. The summed E-state index contributed by atoms with van der Waals surface area (Å²) in [5.41, 5.74) is 2.34. The van der Waals surface area contributed by atoms with Crippen molar-refractivity contribution in [2.24, 2.45) is 4.99 Å². The van der Waals surface area contributed by atoms with Crippen molar-refractivity contribution >= 4 is 34.7 Å². The maximum absolute atomic E-state index is 6.11. The summed E-state index contributed by atoms with van der Waals surface area (Å²) < 4.78 is 5.63. The number of thiocarbonyl (C=S) groups is 1. The van der Waals surface area contributed by atoms with Crippen molar-refractivity contribution in [3.05, 3.63) is 58.6 Å². The molecule has 0 fully saturated rings. The summed E-state index contributed by atoms with van der Waals surface area (Å²) in [6, 6.07) is 13.2. The molecule has 0 saturated heterocycles. The molecule has 0 aliphatic carbocycles. The first-order chi connectivity index (χ1) is 11.2. The molecular weight excluding hydrogens is 326 g/mol. The minimum Gasteiger partial charge on any atom is -0.494 e. The van der Waals surface area contributed by atoms with Crippen molar-refractivity contribution in [2.75, 3.05) is 6.61 Å². The molecule has 0 amide bonds. The monoisotopic (exact) mass is 341 g/mol. The highest BCUT2D eigenvalue weighted by molar-refractivity contribution is 7.78. The van der Waals surface area contributed by atoms with Crippen LogP contribution in [-0.2, 0) is 0 Å². The normalized spacial score (nSPS) is 9.48. The Kier molecular flexibility index (Phi) is 6.84. The van der Waals surface area contributed by atoms with Crippen LogP contribution in [0.2, 0.25) is 5.02 Å². The minimum atomic E-state index is 0.508. The van der Waals surface area contributed by atoms with Gasteiger partial charge in [0.05, 0.1) is 22.5 Å². The number of isothiocyanates is 1. The van der Waals surface area contributed by atoms with Gasteiger partial charge in [0.2, 0.25) is 0 Å². The maximum atomic E-state index is 6.11. The number of halogens is 1. The first-order valence-electron chi connectivity index (χ1n) is 7.35. The van der Waals surface area contributed by atoms with Crippen LogP contribution in [0.25, 0.3) is 0 Å². The van der Waals surface area contributed by atoms with E-state index in [-0.39, 0.29) is 0 Å². The summed E-state index contributed by atoms with van der Waals surface area (Å²) in [6.45, 7) is 2.89. The van der Waals surface area contributed by atoms with Crippen LogP contribution in [0.15, 0.2) is 47.5 Å². The fourth-order valence-electron chi connectivity index (χ4n) is 1.84. The fourth-order valence-corrected chi connectivity index (χ4v) is 2.16. The van der Waals surface area contributed by atoms with Crippen LogP contribution in [0.3, 0.4) is 0 Å². The number of unbranched alkanes of at least 4 members (excludes halogenated alkanes) is 1. The summed E-state index contributed by atoms with van der Waals surface area (Å²) in [6.07, 6.45) is 2.19. The molecule has 2 aromatic rings. The fraction of sp³-hybridized carbons (Fsp3) is 0.211. The molecule has 4 heteroatoms. The van der Waals surface area contributed by atoms with Crippen LogP contribution in [0, 0.1) is 11.8 Å². The van der Waals surface area contributed by atoms with Crippen LogP contribution < -0.4 is 4.74 Å². The highest BCUT2D eigenvalue weighted by Gasteiger charge is 1.98. The lowest BCUT2D eigenvalue weighted by molar-refractivity contribution is 0.309. The molecule has 0 atom stereocenters. The van der Waals surface area contributed by atoms with Gasteiger partial charge in [0.15, 0.2) is 0 Å². The van der Waals surface area contributed by atoms with Gasteiger partial charge in [-0.15, -0.1) is 0 Å². The van der Waals surface area contributed by atoms with Crippen molar-refractivity contribution in [3.63, 3.8) is 0 Å². The predicted molar refractivity (Wildman–Crippen MR) is 99.0 cm³/mol. The van der Waals surface area contributed by atoms with Crippen molar-refractivity contribution in [1.29, 1.82) is 0 Å². The number of hydrogen-bond donors (Lipinski definition) is 0. The van der Waals surface area contributed by atoms with Gasteiger partial charge >= 0.3 is 0 Å². The Hall–Kier alpha value is -2.11. The number of aliphatic imine (C=N–C) groups is 1. The molecule has 2 aromatic carbocycles. The van der Waals surface area contributed by atoms with Gasteiger partial charge in [-0.3, -0.25) is 0 Å². The number of benzene rings is 2. The van der Waals surface area contributed by atoms with E-state index < -0.39 is 0 Å². The van der Waals surface area contributed by atoms with E-state index in [1.54, 1.807) is 12.1 Å². The van der Waals surface area contributed by atoms with Crippen molar-refractivity contribution in [1.82, 2.24) is 0 Å². The second-order valence-corrected chi connectivity index (χ2v) is 5.44. The average molecular weight is 342 g/mol. The van der Waals surface area contributed by atoms with E-state index in [1.165, 1.54) is 0 Å². The Labute approximate surface area is 147 Å². The number of hydrogen-bond acceptors (Lipinski definition) is 3. The van der Waals surface area contributed by atoms with E-state index in [2.05, 4.69) is 41.1 Å². The molecule has 0 heterocycles. The van der Waals surface area contributed by atoms with Crippen LogP contribution in [0.4, 0.5) is 5.69 Å². The Bertz CT molecular complexity index is 768. The minimum absolute atomic E-state index is 0.508. The highest BCUT2D eigenvalue weighted by Crippen LogP contribution is 2.25. The smallest absolute Gasteiger partial charge is 0.119 e. The first-order valence-corrected chi connectivity index (χ1v) is 8.14. The van der Waals surface area contributed by atoms with Gasteiger partial charge < -0.3 is 4.74 Å². The third-order valence-corrected chi connectivity index (χ3v) is 3.48. The summed E-state index contributed by atoms with van der Waals surface area (Å²) in [7, 11) is 0. The SMILES string of the molecule is CCCCOc1ccc(C#Cc2ccc(N=C=S)c(Cl)c2)cc1. The van der Waals surface area contributed by atoms with Gasteiger partial charge in [-0.25, -0.2) is 0 Å². The molecule has 0 aliphatic rings. The van der Waals surface area contributed by atoms with Gasteiger partial charge in [-0.1, -0.05) is 36.8 Å². The van der Waals surface area contributed by atoms with E-state index in [1.807, 2.05) is 30.3 Å². The zero-order valence-electron chi connectivity index (χ0n) is 12.8. The quantitative estimate of drug-likeness (QED) is 0.303. The van der Waals surface area contributed by atoms with Gasteiger partial charge in [0, 0.05) is 11.1 Å². The van der Waals surface area contributed by atoms with Crippen molar-refractivity contribution < 1.29 is 4.74 Å². The number of ether oxygens (including phenoxy) is 1. The molecule has 0 saturated carbocycles. The zero-order valence-corrected chi connectivity index (χ0v) is 14.4. The summed E-state index contributed by atoms with van der Waals surface area (Å²) in [5.74, 6) is 7.05. The van der Waals surface area contributed by atoms with Crippen LogP contribution >= 0.6 is 23.8 Å².